The Balaban J connectivity index is 0.000000139. The lowest BCUT2D eigenvalue weighted by molar-refractivity contribution is 0.00578. The molecule has 1 saturated heterocycles. The van der Waals surface area contributed by atoms with Crippen molar-refractivity contribution in [2.24, 2.45) is 0 Å². The fourth-order valence-electron chi connectivity index (χ4n) is 12.9. The number of hydrogen-bond donors (Lipinski definition) is 4. The fraction of sp³-hybridized carbons (Fsp3) is 0.312. The van der Waals surface area contributed by atoms with Crippen molar-refractivity contribution in [1.29, 1.82) is 0 Å². The van der Waals surface area contributed by atoms with Crippen molar-refractivity contribution in [3.8, 4) is 62.2 Å². The van der Waals surface area contributed by atoms with E-state index in [4.69, 9.17) is 35.5 Å². The van der Waals surface area contributed by atoms with Crippen molar-refractivity contribution in [1.82, 2.24) is 87.9 Å². The molecule has 1 aliphatic heterocycles. The molecule has 562 valence electrons. The number of rotatable bonds is 11. The molecule has 1 aliphatic rings. The summed E-state index contributed by atoms with van der Waals surface area (Å²) in [5, 5.41) is 35.5. The zero-order valence-corrected chi connectivity index (χ0v) is 67.5. The van der Waals surface area contributed by atoms with E-state index in [2.05, 4.69) is 194 Å². The Morgan fingerprint density at radius 2 is 0.908 bits per heavy atom. The van der Waals surface area contributed by atoms with Gasteiger partial charge in [-0.05, 0) is 231 Å². The maximum Gasteiger partial charge on any atom is 0.498 e. The second kappa shape index (κ2) is 29.7. The van der Waals surface area contributed by atoms with Gasteiger partial charge in [-0.25, -0.2) is 63.7 Å². The highest BCUT2D eigenvalue weighted by Gasteiger charge is 2.52. The van der Waals surface area contributed by atoms with Crippen LogP contribution in [0.15, 0.2) is 187 Å². The number of aromatic nitrogens is 18. The van der Waals surface area contributed by atoms with Gasteiger partial charge in [-0.3, -0.25) is 0 Å². The van der Waals surface area contributed by atoms with Gasteiger partial charge in [0, 0.05) is 89.0 Å². The molecule has 9 heterocycles. The molecular formula is C80H89BBr2N20O6. The molecule has 0 unspecified atom stereocenters. The summed E-state index contributed by atoms with van der Waals surface area (Å²) in [6, 6.07) is 37.9. The number of imidazole rings is 2. The van der Waals surface area contributed by atoms with E-state index in [0.29, 0.717) is 5.56 Å². The van der Waals surface area contributed by atoms with E-state index in [0.717, 1.165) is 121 Å². The third-order valence-corrected chi connectivity index (χ3v) is 19.8. The molecule has 0 amide bonds. The van der Waals surface area contributed by atoms with Crippen LogP contribution in [0.3, 0.4) is 0 Å². The zero-order chi connectivity index (χ0) is 78.7. The van der Waals surface area contributed by atoms with Gasteiger partial charge >= 0.3 is 13.1 Å². The number of anilines is 2. The van der Waals surface area contributed by atoms with Gasteiger partial charge in [-0.15, -0.1) is 0 Å². The molecule has 6 aromatic carbocycles. The van der Waals surface area contributed by atoms with E-state index in [1.54, 1.807) is 97.6 Å². The molecule has 15 rings (SSSR count). The maximum absolute atomic E-state index is 12.2. The smallest absolute Gasteiger partial charge is 0.465 e. The SMILES string of the molecule is CC(C)(O)c1ccc(-n2cncn2)c(-c2cc3cc(Br)ccc3n2C(C)(C)C)c1.CC(C)(O)c1ccc(-n2cncn2)c(-c2nc3cc(-c4cnc(N)nc4)ccc3n2C(C)(C)C)c1.CC1(C)OB(c2cnc(N)nc2)OC1(C)C.COC(=O)c1ccc(-n2cncn2)c(-c2nc3cc(Br)ccc3n2C(C)(C)C)c1. The Morgan fingerprint density at radius 3 is 1.37 bits per heavy atom. The van der Waals surface area contributed by atoms with Crippen LogP contribution in [-0.4, -0.2) is 130 Å². The van der Waals surface area contributed by atoms with E-state index in [1.165, 1.54) is 26.1 Å². The molecule has 0 aliphatic carbocycles. The molecule has 14 aromatic rings. The van der Waals surface area contributed by atoms with Gasteiger partial charge < -0.3 is 49.4 Å². The number of esters is 1. The lowest BCUT2D eigenvalue weighted by atomic mass is 9.81. The summed E-state index contributed by atoms with van der Waals surface area (Å²) in [6.45, 7) is 34.6. The van der Waals surface area contributed by atoms with E-state index in [1.807, 2.05) is 94.4 Å². The minimum Gasteiger partial charge on any atom is -0.465 e. The second-order valence-corrected chi connectivity index (χ2v) is 33.4. The van der Waals surface area contributed by atoms with Crippen LogP contribution in [0.4, 0.5) is 11.9 Å². The average molecular weight is 1600 g/mol. The monoisotopic (exact) mass is 1590 g/mol. The molecule has 0 atom stereocenters. The molecule has 6 N–H and O–H groups in total. The summed E-state index contributed by atoms with van der Waals surface area (Å²) in [6.07, 6.45) is 16.2. The number of nitrogens with zero attached hydrogens (tertiary/aromatic N) is 18. The first-order chi connectivity index (χ1) is 51.2. The summed E-state index contributed by atoms with van der Waals surface area (Å²) in [5.74, 6) is 1.59. The van der Waals surface area contributed by atoms with Crippen LogP contribution in [0, 0.1) is 0 Å². The molecule has 0 radical (unpaired) electrons. The van der Waals surface area contributed by atoms with Crippen molar-refractivity contribution in [3.05, 3.63) is 204 Å². The molecule has 0 saturated carbocycles. The van der Waals surface area contributed by atoms with Gasteiger partial charge in [0.2, 0.25) is 11.9 Å². The zero-order valence-electron chi connectivity index (χ0n) is 64.3. The average Bonchev–Trinajstić information content (AvgIpc) is 1.62. The normalized spacial score (nSPS) is 13.8. The Bertz CT molecular complexity index is 5590. The summed E-state index contributed by atoms with van der Waals surface area (Å²) < 4.78 is 30.5. The van der Waals surface area contributed by atoms with Gasteiger partial charge in [-0.2, -0.15) is 15.3 Å². The van der Waals surface area contributed by atoms with Crippen molar-refractivity contribution >= 4 is 95.3 Å². The first-order valence-electron chi connectivity index (χ1n) is 35.3. The van der Waals surface area contributed by atoms with E-state index in [-0.39, 0.29) is 39.7 Å². The summed E-state index contributed by atoms with van der Waals surface area (Å²) in [4.78, 5) is 50.6. The number of methoxy groups -OCH3 is 1. The Morgan fingerprint density at radius 1 is 0.486 bits per heavy atom. The van der Waals surface area contributed by atoms with Crippen LogP contribution >= 0.6 is 31.9 Å². The number of nitrogen functional groups attached to an aromatic ring is 2. The molecule has 0 bridgehead atoms. The second-order valence-electron chi connectivity index (χ2n) is 31.6. The lowest BCUT2D eigenvalue weighted by Gasteiger charge is -2.32. The Kier molecular flexibility index (Phi) is 21.2. The van der Waals surface area contributed by atoms with Gasteiger partial charge in [0.1, 0.15) is 49.6 Å². The number of carbonyl (C=O) groups is 1. The number of hydrogen-bond acceptors (Lipinski definition) is 20. The topological polar surface area (TPSA) is 322 Å². The van der Waals surface area contributed by atoms with Crippen LogP contribution in [0.2, 0.25) is 0 Å². The Labute approximate surface area is 649 Å². The first kappa shape index (κ1) is 77.9. The number of halogens is 2. The highest BCUT2D eigenvalue weighted by Crippen LogP contribution is 2.43. The summed E-state index contributed by atoms with van der Waals surface area (Å²) >= 11 is 7.12. The van der Waals surface area contributed by atoms with Crippen molar-refractivity contribution in [2.45, 2.75) is 157 Å². The number of nitrogens with two attached hydrogens (primary N) is 2. The van der Waals surface area contributed by atoms with Crippen LogP contribution in [0.5, 0.6) is 0 Å². The first-order valence-corrected chi connectivity index (χ1v) is 36.8. The van der Waals surface area contributed by atoms with Gasteiger partial charge in [0.05, 0.1) is 79.9 Å². The third-order valence-electron chi connectivity index (χ3n) is 18.8. The van der Waals surface area contributed by atoms with Crippen molar-refractivity contribution < 1.29 is 29.1 Å². The minimum absolute atomic E-state index is 0.144. The van der Waals surface area contributed by atoms with Crippen LogP contribution < -0.4 is 16.9 Å². The minimum atomic E-state index is -1.02. The molecule has 8 aromatic heterocycles. The summed E-state index contributed by atoms with van der Waals surface area (Å²) in [7, 11) is 0.945. The highest BCUT2D eigenvalue weighted by molar-refractivity contribution is 9.10. The molecule has 1 fully saturated rings. The quantitative estimate of drug-likeness (QED) is 0.0690. The fourth-order valence-corrected chi connectivity index (χ4v) is 13.6. The van der Waals surface area contributed by atoms with Gasteiger partial charge in [-0.1, -0.05) is 50.1 Å². The van der Waals surface area contributed by atoms with Crippen molar-refractivity contribution in [3.63, 3.8) is 0 Å². The predicted molar refractivity (Wildman–Crippen MR) is 432 cm³/mol. The van der Waals surface area contributed by atoms with E-state index < -0.39 is 24.3 Å². The molecular weight excluding hydrogens is 1510 g/mol. The van der Waals surface area contributed by atoms with Crippen molar-refractivity contribution in [2.75, 3.05) is 18.6 Å². The third kappa shape index (κ3) is 16.5. The molecule has 26 nitrogen and oxygen atoms in total. The molecule has 109 heavy (non-hydrogen) atoms. The van der Waals surface area contributed by atoms with Crippen LogP contribution in [-0.2, 0) is 41.9 Å². The molecule has 0 spiro atoms. The molecule has 29 heteroatoms. The summed E-state index contributed by atoms with van der Waals surface area (Å²) in [5.41, 5.74) is 23.5. The van der Waals surface area contributed by atoms with Gasteiger partial charge in [0.15, 0.2) is 0 Å². The number of benzene rings is 6. The highest BCUT2D eigenvalue weighted by atomic mass is 79.9. The lowest BCUT2D eigenvalue weighted by Crippen LogP contribution is -2.41. The van der Waals surface area contributed by atoms with Crippen LogP contribution in [0.1, 0.15) is 139 Å². The van der Waals surface area contributed by atoms with E-state index >= 15 is 0 Å². The number of fused-ring (bicyclic) bond motifs is 3. The predicted octanol–water partition coefficient (Wildman–Crippen LogP) is 14.9. The van der Waals surface area contributed by atoms with Gasteiger partial charge in [0.25, 0.3) is 0 Å². The van der Waals surface area contributed by atoms with E-state index in [9.17, 15) is 15.0 Å². The Hall–Kier alpha value is -10.7. The maximum atomic E-state index is 12.2. The standard InChI is InChI=1S/C26H28N8O.C23H25BrN4O.C21H20BrN5O2.C10H16BN3O2/c1-25(2,3)34-22-8-6-16(17-12-29-24(27)30-13-17)10-20(22)32-23(34)19-11-18(26(4,5)35)7-9-21(19)33-15-28-14-31-33;1-22(2,3)28-19-9-7-17(24)10-15(19)11-21(28)18-12-16(23(4,5)29)6-8-20(18)27-14-25-13-26-27;1-21(2,3)27-18-8-6-14(22)10-16(18)25-19(27)15-9-13(20(28)29-4)5-7-17(15)26-12-23-11-24-26;1-9(2)10(3,4)16-11(15-9)7-5-13-8(12)14-6-7/h6-15,35H,1-5H3,(H2,27,29,30);6-14,29H,1-5H3;5-12H,1-4H3;5-6H,1-4H3,(H2,12,13,14). The number of aliphatic hydroxyl groups is 2. The van der Waals surface area contributed by atoms with Crippen LogP contribution in [0.25, 0.3) is 95.2 Å². The number of ether oxygens (including phenoxy) is 1. The largest absolute Gasteiger partial charge is 0.498 e. The number of carbonyl (C=O) groups excluding carboxylic acids is 1.